The van der Waals surface area contributed by atoms with Crippen molar-refractivity contribution in [3.63, 3.8) is 0 Å². The third-order valence-electron chi connectivity index (χ3n) is 3.40. The smallest absolute Gasteiger partial charge is 0.296 e. The van der Waals surface area contributed by atoms with Crippen molar-refractivity contribution in [1.82, 2.24) is 9.62 Å². The summed E-state index contributed by atoms with van der Waals surface area (Å²) in [5.74, 6) is -1.42. The monoisotopic (exact) mass is 297 g/mol. The Morgan fingerprint density at radius 2 is 1.85 bits per heavy atom. The van der Waals surface area contributed by atoms with Crippen molar-refractivity contribution < 1.29 is 19.4 Å². The summed E-state index contributed by atoms with van der Waals surface area (Å²) in [5, 5.41) is 5.48. The summed E-state index contributed by atoms with van der Waals surface area (Å²) in [6.45, 7) is 1.99. The number of carbonyl (C=O) groups excluding carboxylic acids is 2. The van der Waals surface area contributed by atoms with E-state index in [0.29, 0.717) is 31.9 Å². The number of nitrogens with zero attached hydrogens (tertiary/aromatic N) is 1. The molecule has 3 rings (SSSR count). The maximum absolute atomic E-state index is 12.5. The van der Waals surface area contributed by atoms with Gasteiger partial charge in [0.15, 0.2) is 0 Å². The van der Waals surface area contributed by atoms with Crippen LogP contribution in [0.3, 0.4) is 0 Å². The van der Waals surface area contributed by atoms with Crippen LogP contribution in [0.25, 0.3) is 0 Å². The summed E-state index contributed by atoms with van der Waals surface area (Å²) in [7, 11) is -3.62. The number of Topliss-reactive ketones (excluding diaryl/α,β-unsaturated/α-hetero) is 1. The molecule has 7 nitrogen and oxygen atoms in total. The number of carbonyl (C=O) groups is 2. The highest BCUT2D eigenvalue weighted by Gasteiger charge is 2.32. The molecule has 1 fully saturated rings. The van der Waals surface area contributed by atoms with Crippen LogP contribution in [0.5, 0.6) is 0 Å². The largest absolute Gasteiger partial charge is 0.318 e. The van der Waals surface area contributed by atoms with E-state index in [1.165, 1.54) is 22.5 Å². The van der Waals surface area contributed by atoms with Gasteiger partial charge in [-0.1, -0.05) is 0 Å². The molecule has 1 aromatic rings. The molecule has 2 heterocycles. The Labute approximate surface area is 117 Å². The molecule has 108 valence electrons. The van der Waals surface area contributed by atoms with Gasteiger partial charge in [-0.25, -0.2) is 8.42 Å². The number of benzene rings is 1. The predicted octanol–water partition coefficient (Wildman–Crippen LogP) is -0.339. The van der Waals surface area contributed by atoms with Gasteiger partial charge in [-0.15, -0.1) is 0 Å². The second-order valence-corrected chi connectivity index (χ2v) is 6.58. The van der Waals surface area contributed by atoms with E-state index < -0.39 is 21.7 Å². The molecule has 1 aromatic carbocycles. The highest BCUT2D eigenvalue weighted by atomic mass is 32.2. The molecule has 8 heteroatoms. The Morgan fingerprint density at radius 1 is 1.15 bits per heavy atom. The zero-order valence-electron chi connectivity index (χ0n) is 10.5. The Kier molecular flexibility index (Phi) is 3.08. The van der Waals surface area contributed by atoms with Crippen molar-refractivity contribution in [3.8, 4) is 0 Å². The number of anilines is 1. The molecule has 2 aliphatic rings. The van der Waals surface area contributed by atoms with Gasteiger partial charge in [-0.2, -0.15) is 4.31 Å². The average molecular weight is 297 g/mol. The van der Waals surface area contributed by atoms with Gasteiger partial charge in [0.05, 0.1) is 16.1 Å². The Morgan fingerprint density at radius 3 is 2.55 bits per heavy atom. The van der Waals surface area contributed by atoms with Crippen LogP contribution in [-0.4, -0.2) is 50.6 Å². The molecule has 0 aromatic heterocycles. The molecule has 20 heavy (non-hydrogen) atoms. The molecule has 0 spiro atoms. The van der Waals surface area contributed by atoms with E-state index in [9.17, 15) is 18.0 Å². The van der Waals surface area contributed by atoms with Crippen LogP contribution in [0.4, 0.5) is 5.69 Å². The first-order chi connectivity index (χ1) is 9.50. The first-order valence-electron chi connectivity index (χ1n) is 6.21. The number of nitrogens with one attached hydrogen (secondary N) is 2. The first-order valence-corrected chi connectivity index (χ1v) is 7.65. The third-order valence-corrected chi connectivity index (χ3v) is 5.30. The second-order valence-electron chi connectivity index (χ2n) is 4.64. The fourth-order valence-electron chi connectivity index (χ4n) is 2.32. The number of hydrogen-bond acceptors (Lipinski definition) is 5. The third kappa shape index (κ3) is 2.01. The van der Waals surface area contributed by atoms with E-state index in [2.05, 4.69) is 10.6 Å². The molecule has 2 aliphatic heterocycles. The molecule has 1 amide bonds. The lowest BCUT2D eigenvalue weighted by atomic mass is 10.1. The maximum atomic E-state index is 12.5. The number of piperazine rings is 1. The Balaban J connectivity index is 0.00000161. The lowest BCUT2D eigenvalue weighted by molar-refractivity contribution is -0.112. The van der Waals surface area contributed by atoms with Crippen LogP contribution in [0, 0.1) is 0 Å². The molecular formula is C12H15N3O4S. The van der Waals surface area contributed by atoms with E-state index in [4.69, 9.17) is 0 Å². The zero-order chi connectivity index (χ0) is 14.3. The van der Waals surface area contributed by atoms with Gasteiger partial charge >= 0.3 is 0 Å². The highest BCUT2D eigenvalue weighted by molar-refractivity contribution is 7.89. The van der Waals surface area contributed by atoms with Gasteiger partial charge in [0.1, 0.15) is 0 Å². The van der Waals surface area contributed by atoms with E-state index in [-0.39, 0.29) is 11.9 Å². The number of sulfonamides is 1. The quantitative estimate of drug-likeness (QED) is 0.728. The lowest BCUT2D eigenvalue weighted by Crippen LogP contribution is -2.46. The fourth-order valence-corrected chi connectivity index (χ4v) is 3.78. The SMILES string of the molecule is O=C1Nc2ccc(S(=O)(=O)N3CCNCC3)cc2C1=O.[HH]. The number of amides is 1. The van der Waals surface area contributed by atoms with Crippen LogP contribution in [0.1, 0.15) is 11.8 Å². The van der Waals surface area contributed by atoms with Crippen molar-refractivity contribution >= 4 is 27.4 Å². The molecule has 0 radical (unpaired) electrons. The van der Waals surface area contributed by atoms with Gasteiger partial charge in [-0.05, 0) is 18.2 Å². The van der Waals surface area contributed by atoms with Gasteiger partial charge in [0, 0.05) is 27.6 Å². The molecule has 0 aliphatic carbocycles. The van der Waals surface area contributed by atoms with E-state index in [1.54, 1.807) is 0 Å². The number of fused-ring (bicyclic) bond motifs is 1. The molecule has 0 unspecified atom stereocenters. The minimum absolute atomic E-state index is 0. The van der Waals surface area contributed by atoms with E-state index in [1.807, 2.05) is 0 Å². The van der Waals surface area contributed by atoms with Gasteiger partial charge in [0.25, 0.3) is 11.7 Å². The van der Waals surface area contributed by atoms with Gasteiger partial charge in [0.2, 0.25) is 10.0 Å². The van der Waals surface area contributed by atoms with Crippen LogP contribution >= 0.6 is 0 Å². The average Bonchev–Trinajstić information content (AvgIpc) is 2.75. The summed E-state index contributed by atoms with van der Waals surface area (Å²) in [4.78, 5) is 22.9. The Hall–Kier alpha value is -1.77. The number of rotatable bonds is 2. The molecule has 2 N–H and O–H groups in total. The van der Waals surface area contributed by atoms with Crippen LogP contribution in [0.15, 0.2) is 23.1 Å². The normalized spacial score (nSPS) is 19.8. The lowest BCUT2D eigenvalue weighted by Gasteiger charge is -2.26. The predicted molar refractivity (Wildman–Crippen MR) is 73.1 cm³/mol. The zero-order valence-corrected chi connectivity index (χ0v) is 11.4. The fraction of sp³-hybridized carbons (Fsp3) is 0.333. The summed E-state index contributed by atoms with van der Waals surface area (Å²) in [5.41, 5.74) is 0.477. The topological polar surface area (TPSA) is 95.6 Å². The molecule has 1 saturated heterocycles. The summed E-state index contributed by atoms with van der Waals surface area (Å²) in [6.07, 6.45) is 0. The van der Waals surface area contributed by atoms with E-state index >= 15 is 0 Å². The van der Waals surface area contributed by atoms with Crippen molar-refractivity contribution in [2.75, 3.05) is 31.5 Å². The van der Waals surface area contributed by atoms with Crippen LogP contribution in [-0.2, 0) is 14.8 Å². The highest BCUT2D eigenvalue weighted by Crippen LogP contribution is 2.27. The molecule has 0 saturated carbocycles. The minimum Gasteiger partial charge on any atom is -0.318 e. The van der Waals surface area contributed by atoms with Gasteiger partial charge in [-0.3, -0.25) is 9.59 Å². The molecule has 0 atom stereocenters. The van der Waals surface area contributed by atoms with Gasteiger partial charge < -0.3 is 10.6 Å². The standard InChI is InChI=1S/C12H13N3O4S.H2/c16-11-9-7-8(1-2-10(9)14-12(11)17)20(18,19)15-5-3-13-4-6-15;/h1-2,7,13H,3-6H2,(H,14,16,17);1H. The summed E-state index contributed by atoms with van der Waals surface area (Å²) < 4.78 is 26.3. The molecule has 0 bridgehead atoms. The van der Waals surface area contributed by atoms with Crippen molar-refractivity contribution in [2.24, 2.45) is 0 Å². The number of ketones is 1. The second kappa shape index (κ2) is 4.65. The summed E-state index contributed by atoms with van der Waals surface area (Å²) in [6, 6.07) is 4.13. The van der Waals surface area contributed by atoms with Crippen molar-refractivity contribution in [2.45, 2.75) is 4.90 Å². The summed E-state index contributed by atoms with van der Waals surface area (Å²) >= 11 is 0. The minimum atomic E-state index is -3.62. The van der Waals surface area contributed by atoms with Crippen LogP contribution in [0.2, 0.25) is 0 Å². The first kappa shape index (κ1) is 13.2. The van der Waals surface area contributed by atoms with Crippen molar-refractivity contribution in [3.05, 3.63) is 23.8 Å². The molecular weight excluding hydrogens is 282 g/mol. The van der Waals surface area contributed by atoms with Crippen molar-refractivity contribution in [1.29, 1.82) is 0 Å². The maximum Gasteiger partial charge on any atom is 0.296 e. The Bertz CT molecular complexity index is 698. The van der Waals surface area contributed by atoms with E-state index in [0.717, 1.165) is 0 Å². The number of hydrogen-bond donors (Lipinski definition) is 2. The van der Waals surface area contributed by atoms with Crippen LogP contribution < -0.4 is 10.6 Å².